The number of aryl methyl sites for hydroxylation is 2. The van der Waals surface area contributed by atoms with Crippen molar-refractivity contribution in [2.24, 2.45) is 0 Å². The Kier molecular flexibility index (Phi) is 22.7. The van der Waals surface area contributed by atoms with Gasteiger partial charge in [0.1, 0.15) is 0 Å². The van der Waals surface area contributed by atoms with Crippen molar-refractivity contribution in [3.8, 4) is 34.1 Å². The predicted molar refractivity (Wildman–Crippen MR) is 397 cm³/mol. The first-order valence-corrected chi connectivity index (χ1v) is 34.6. The van der Waals surface area contributed by atoms with Gasteiger partial charge in [-0.2, -0.15) is 0 Å². The van der Waals surface area contributed by atoms with E-state index in [0.717, 1.165) is 87.4 Å². The van der Waals surface area contributed by atoms with Crippen LogP contribution in [0.3, 0.4) is 0 Å². The van der Waals surface area contributed by atoms with E-state index in [-0.39, 0.29) is 65.5 Å². The maximum atomic E-state index is 13.6. The van der Waals surface area contributed by atoms with Crippen LogP contribution < -0.4 is 14.9 Å². The number of anilines is 3. The van der Waals surface area contributed by atoms with Gasteiger partial charge in [0.15, 0.2) is 0 Å². The van der Waals surface area contributed by atoms with Crippen LogP contribution in [0.5, 0.6) is 0 Å². The van der Waals surface area contributed by atoms with Crippen LogP contribution in [-0.2, 0) is 63.5 Å². The molecule has 0 saturated carbocycles. The van der Waals surface area contributed by atoms with E-state index in [2.05, 4.69) is 235 Å². The number of aromatic nitrogens is 4. The summed E-state index contributed by atoms with van der Waals surface area (Å²) in [7, 11) is 0. The van der Waals surface area contributed by atoms with Gasteiger partial charge in [0.2, 0.25) is 0 Å². The molecular weight excluding hydrogens is 1230 g/mol. The van der Waals surface area contributed by atoms with Crippen molar-refractivity contribution in [3.63, 3.8) is 0 Å². The topological polar surface area (TPSA) is 110 Å². The summed E-state index contributed by atoms with van der Waals surface area (Å²) in [6.45, 7) is 35.5. The van der Waals surface area contributed by atoms with Gasteiger partial charge >= 0.3 is 31.4 Å². The van der Waals surface area contributed by atoms with Gasteiger partial charge in [0, 0.05) is 22.5 Å². The van der Waals surface area contributed by atoms with E-state index in [0.29, 0.717) is 33.5 Å². The van der Waals surface area contributed by atoms with Gasteiger partial charge in [-0.1, -0.05) is 232 Å². The third kappa shape index (κ3) is 16.7. The van der Waals surface area contributed by atoms with Crippen LogP contribution in [0.4, 0.5) is 17.1 Å². The van der Waals surface area contributed by atoms with Crippen LogP contribution in [0.15, 0.2) is 127 Å². The summed E-state index contributed by atoms with van der Waals surface area (Å²) in [5, 5.41) is 0. The van der Waals surface area contributed by atoms with Crippen LogP contribution in [0.2, 0.25) is 0 Å². The van der Waals surface area contributed by atoms with Crippen molar-refractivity contribution in [2.45, 2.75) is 197 Å². The van der Waals surface area contributed by atoms with Gasteiger partial charge in [0.05, 0.1) is 52.8 Å². The van der Waals surface area contributed by atoms with Crippen molar-refractivity contribution in [1.82, 2.24) is 19.9 Å². The zero-order valence-corrected chi connectivity index (χ0v) is 63.0. The molecule has 2 aliphatic heterocycles. The monoisotopic (exact) mass is 1330 g/mol. The molecule has 10 rings (SSSR count). The summed E-state index contributed by atoms with van der Waals surface area (Å²) >= 11 is 0. The molecule has 2 aliphatic rings. The second kappa shape index (κ2) is 30.4. The summed E-state index contributed by atoms with van der Waals surface area (Å²) in [6, 6.07) is 45.6. The molecule has 10 heteroatoms. The van der Waals surface area contributed by atoms with Gasteiger partial charge < -0.3 is 24.3 Å². The molecule has 0 aliphatic carbocycles. The molecule has 0 atom stereocenters. The van der Waals surface area contributed by atoms with Crippen LogP contribution in [0.25, 0.3) is 68.6 Å². The molecule has 0 radical (unpaired) electrons. The molecule has 0 unspecified atom stereocenters. The molecule has 0 N–H and O–H groups in total. The Hall–Kier alpha value is -8.38. The van der Waals surface area contributed by atoms with E-state index in [1.807, 2.05) is 12.1 Å². The summed E-state index contributed by atoms with van der Waals surface area (Å²) in [6.07, 6.45) is 20.1. The summed E-state index contributed by atoms with van der Waals surface area (Å²) in [5.74, 6) is 5.66. The Morgan fingerprint density at radius 2 is 0.833 bits per heavy atom. The molecule has 9 nitrogen and oxygen atoms in total. The first-order valence-electron chi connectivity index (χ1n) is 34.6. The Labute approximate surface area is 584 Å². The van der Waals surface area contributed by atoms with Gasteiger partial charge in [-0.15, -0.1) is 22.1 Å². The zero-order chi connectivity index (χ0) is 68.0. The number of ether oxygens (including phenoxy) is 2. The number of benzene rings is 5. The fourth-order valence-electron chi connectivity index (χ4n) is 12.4. The molecule has 0 saturated heterocycles. The van der Waals surface area contributed by atoms with Crippen LogP contribution in [0.1, 0.15) is 250 Å². The Morgan fingerprint density at radius 1 is 0.427 bits per heavy atom. The van der Waals surface area contributed by atoms with Crippen molar-refractivity contribution in [3.05, 3.63) is 206 Å². The Bertz CT molecular complexity index is 4250. The van der Waals surface area contributed by atoms with Crippen molar-refractivity contribution in [1.29, 1.82) is 0 Å². The minimum absolute atomic E-state index is 0. The first-order chi connectivity index (χ1) is 45.3. The van der Waals surface area contributed by atoms with E-state index in [4.69, 9.17) is 29.4 Å². The summed E-state index contributed by atoms with van der Waals surface area (Å²) in [4.78, 5) is 52.2. The first kappa shape index (κ1) is 71.9. The molecule has 3 aromatic heterocycles. The number of carbonyl (C=O) groups is 2. The smallest absolute Gasteiger partial charge is 0.656 e. The molecule has 8 aromatic rings. The fraction of sp³-hybridized carbons (Fsp3) is 0.372. The largest absolute Gasteiger partial charge is 2.00 e. The number of rotatable bonds is 19. The predicted octanol–water partition coefficient (Wildman–Crippen LogP) is 21.9. The van der Waals surface area contributed by atoms with Gasteiger partial charge in [0.25, 0.3) is 0 Å². The third-order valence-electron chi connectivity index (χ3n) is 18.1. The quantitative estimate of drug-likeness (QED) is 0.0338. The standard InChI is InChI=1S/C86H99N5O4.Zn/c1-17-21-23-25-27-56-29-35-65(36-30-56)91(66-37-31-57(32-38-66)28-26-24-22-18-2)80-76-47-45-74(89-76)78(59-50-61(83(5,6)7)54-62(51-59)84(8,9)10)72-43-41-70(87-72)68(40-34-58-33-39-67(81(92)94-19-3)69(49-58)82(93)95-20-4)71-42-44-73(88-71)79(75-46-48-77(80)90-75)60-52-63(85(11,12)13)55-64(53-60)86(14,15)16;/h29-33,35-39,41-55H,17-28H2,1-16H3,(H2,87,88,89,90,92,93);/q;+2/p-2. The zero-order valence-electron chi connectivity index (χ0n) is 60.0. The molecule has 5 aromatic carbocycles. The maximum absolute atomic E-state index is 13.6. The minimum Gasteiger partial charge on any atom is -0.656 e. The number of carbonyl (C=O) groups excluding carboxylic acids is 2. The van der Waals surface area contributed by atoms with Crippen LogP contribution in [-0.4, -0.2) is 35.1 Å². The average molecular weight is 1330 g/mol. The second-order valence-corrected chi connectivity index (χ2v) is 29.7. The van der Waals surface area contributed by atoms with Gasteiger partial charge in [-0.3, -0.25) is 0 Å². The number of hydrogen-bond donors (Lipinski definition) is 0. The van der Waals surface area contributed by atoms with E-state index < -0.39 is 11.9 Å². The Balaban J connectivity index is 0.0000108. The second-order valence-electron chi connectivity index (χ2n) is 29.7. The van der Waals surface area contributed by atoms with E-state index in [1.165, 1.54) is 71.9 Å². The van der Waals surface area contributed by atoms with E-state index >= 15 is 0 Å². The van der Waals surface area contributed by atoms with Gasteiger partial charge in [-0.05, 0) is 184 Å². The Morgan fingerprint density at radius 3 is 1.28 bits per heavy atom. The number of esters is 2. The molecule has 96 heavy (non-hydrogen) atoms. The van der Waals surface area contributed by atoms with E-state index in [1.54, 1.807) is 32.0 Å². The van der Waals surface area contributed by atoms with Gasteiger partial charge in [-0.25, -0.2) is 19.6 Å². The van der Waals surface area contributed by atoms with Crippen molar-refractivity contribution in [2.75, 3.05) is 18.1 Å². The van der Waals surface area contributed by atoms with Crippen LogP contribution >= 0.6 is 0 Å². The minimum atomic E-state index is -0.641. The van der Waals surface area contributed by atoms with Crippen LogP contribution in [0, 0.1) is 11.8 Å². The molecule has 8 bridgehead atoms. The number of nitrogens with zero attached hydrogens (tertiary/aromatic N) is 5. The molecule has 0 spiro atoms. The molecular formula is C86H97N5O4Zn. The maximum Gasteiger partial charge on any atom is 2.00 e. The summed E-state index contributed by atoms with van der Waals surface area (Å²) < 4.78 is 10.9. The molecule has 5 heterocycles. The average Bonchev–Trinajstić information content (AvgIpc) is 1.51. The number of unbranched alkanes of at least 4 members (excludes halogenated alkanes) is 6. The molecule has 492 valence electrons. The van der Waals surface area contributed by atoms with E-state index in [9.17, 15) is 9.59 Å². The normalized spacial score (nSPS) is 12.3. The summed E-state index contributed by atoms with van der Waals surface area (Å²) in [5.41, 5.74) is 20.1. The molecule has 0 amide bonds. The van der Waals surface area contributed by atoms with Crippen molar-refractivity contribution < 1.29 is 38.5 Å². The molecule has 0 fully saturated rings. The SMILES string of the molecule is CCCCCCc1ccc(N(c2ccc(CCCCCC)cc2)c2c3nc(c(-c4cc(C(C)(C)C)cc(C(C)(C)C)c4)c4ccc([n-]4)c(C#Cc4ccc(C(=O)OCC)c(C(=O)OCC)c4)c4nc(c(-c5cc(C(C)(C)C)cc(C(C)(C)C)c5)c5ccc2[n-]5)C=C4)C=C3)cc1.[Zn+2]. The number of fused-ring (bicyclic) bond motifs is 8. The fourth-order valence-corrected chi connectivity index (χ4v) is 12.4. The third-order valence-corrected chi connectivity index (χ3v) is 18.1. The number of hydrogen-bond acceptors (Lipinski definition) is 7. The van der Waals surface area contributed by atoms with Crippen molar-refractivity contribution >= 4 is 75.4 Å².